The first-order valence-electron chi connectivity index (χ1n) is 5.30. The number of rotatable bonds is 4. The molecule has 3 nitrogen and oxygen atoms in total. The molecule has 0 amide bonds. The Labute approximate surface area is 105 Å². The van der Waals surface area contributed by atoms with Crippen LogP contribution >= 0.6 is 11.6 Å². The highest BCUT2D eigenvalue weighted by Gasteiger charge is 1.98. The number of aromatic nitrogens is 1. The Kier molecular flexibility index (Phi) is 3.96. The molecule has 0 spiro atoms. The normalized spacial score (nSPS) is 10.2. The van der Waals surface area contributed by atoms with E-state index in [2.05, 4.69) is 4.98 Å². The van der Waals surface area contributed by atoms with Crippen LogP contribution < -0.4 is 10.5 Å². The molecule has 0 aliphatic carbocycles. The van der Waals surface area contributed by atoms with Crippen molar-refractivity contribution in [2.24, 2.45) is 5.73 Å². The number of pyridine rings is 1. The molecule has 1 aromatic carbocycles. The SMILES string of the molecule is NCc1cc(COc2ccc(Cl)cc2)ccn1. The van der Waals surface area contributed by atoms with E-state index in [1.165, 1.54) is 0 Å². The number of hydrogen-bond donors (Lipinski definition) is 1. The summed E-state index contributed by atoms with van der Waals surface area (Å²) in [6, 6.07) is 11.1. The van der Waals surface area contributed by atoms with Gasteiger partial charge in [0, 0.05) is 17.8 Å². The van der Waals surface area contributed by atoms with E-state index in [0.717, 1.165) is 17.0 Å². The molecule has 0 atom stereocenters. The maximum absolute atomic E-state index is 5.79. The van der Waals surface area contributed by atoms with Gasteiger partial charge in [-0.05, 0) is 42.0 Å². The van der Waals surface area contributed by atoms with Gasteiger partial charge in [-0.15, -0.1) is 0 Å². The Morgan fingerprint density at radius 1 is 1.18 bits per heavy atom. The molecular formula is C13H13ClN2O. The minimum atomic E-state index is 0.439. The van der Waals surface area contributed by atoms with Crippen LogP contribution in [0.1, 0.15) is 11.3 Å². The molecule has 0 saturated carbocycles. The van der Waals surface area contributed by atoms with E-state index in [1.54, 1.807) is 18.3 Å². The van der Waals surface area contributed by atoms with Crippen LogP contribution in [0, 0.1) is 0 Å². The van der Waals surface area contributed by atoms with Crippen LogP contribution in [-0.4, -0.2) is 4.98 Å². The smallest absolute Gasteiger partial charge is 0.119 e. The first kappa shape index (κ1) is 11.9. The van der Waals surface area contributed by atoms with Gasteiger partial charge in [0.25, 0.3) is 0 Å². The van der Waals surface area contributed by atoms with Crippen LogP contribution in [0.4, 0.5) is 0 Å². The Balaban J connectivity index is 1.99. The fourth-order valence-electron chi connectivity index (χ4n) is 1.43. The fourth-order valence-corrected chi connectivity index (χ4v) is 1.55. The van der Waals surface area contributed by atoms with Crippen LogP contribution in [-0.2, 0) is 13.2 Å². The van der Waals surface area contributed by atoms with Crippen LogP contribution in [0.2, 0.25) is 5.02 Å². The van der Waals surface area contributed by atoms with E-state index in [4.69, 9.17) is 22.1 Å². The topological polar surface area (TPSA) is 48.1 Å². The van der Waals surface area contributed by atoms with Crippen molar-refractivity contribution in [1.82, 2.24) is 4.98 Å². The standard InChI is InChI=1S/C13H13ClN2O/c14-11-1-3-13(4-2-11)17-9-10-5-6-16-12(7-10)8-15/h1-7H,8-9,15H2. The van der Waals surface area contributed by atoms with Gasteiger partial charge in [-0.25, -0.2) is 0 Å². The molecule has 1 aromatic heterocycles. The summed E-state index contributed by atoms with van der Waals surface area (Å²) in [4.78, 5) is 4.13. The largest absolute Gasteiger partial charge is 0.489 e. The number of benzene rings is 1. The molecule has 1 heterocycles. The van der Waals surface area contributed by atoms with E-state index in [9.17, 15) is 0 Å². The third kappa shape index (κ3) is 3.44. The molecule has 0 radical (unpaired) electrons. The van der Waals surface area contributed by atoms with Gasteiger partial charge in [0.2, 0.25) is 0 Å². The number of nitrogens with two attached hydrogens (primary N) is 1. The van der Waals surface area contributed by atoms with E-state index in [-0.39, 0.29) is 0 Å². The highest BCUT2D eigenvalue weighted by atomic mass is 35.5. The van der Waals surface area contributed by atoms with Gasteiger partial charge < -0.3 is 10.5 Å². The van der Waals surface area contributed by atoms with Gasteiger partial charge in [-0.2, -0.15) is 0 Å². The molecule has 17 heavy (non-hydrogen) atoms. The predicted octanol–water partition coefficient (Wildman–Crippen LogP) is 2.77. The molecule has 0 aliphatic rings. The summed E-state index contributed by atoms with van der Waals surface area (Å²) in [6.45, 7) is 0.936. The molecule has 4 heteroatoms. The zero-order chi connectivity index (χ0) is 12.1. The minimum absolute atomic E-state index is 0.439. The van der Waals surface area contributed by atoms with E-state index < -0.39 is 0 Å². The van der Waals surface area contributed by atoms with Crippen molar-refractivity contribution in [3.05, 3.63) is 58.9 Å². The zero-order valence-electron chi connectivity index (χ0n) is 9.27. The van der Waals surface area contributed by atoms with Crippen LogP contribution in [0.3, 0.4) is 0 Å². The lowest BCUT2D eigenvalue weighted by atomic mass is 10.2. The van der Waals surface area contributed by atoms with Crippen molar-refractivity contribution >= 4 is 11.6 Å². The van der Waals surface area contributed by atoms with Gasteiger partial charge >= 0.3 is 0 Å². The Morgan fingerprint density at radius 3 is 2.65 bits per heavy atom. The number of hydrogen-bond acceptors (Lipinski definition) is 3. The second kappa shape index (κ2) is 5.66. The van der Waals surface area contributed by atoms with Crippen molar-refractivity contribution in [2.75, 3.05) is 0 Å². The Hall–Kier alpha value is -1.58. The third-order valence-electron chi connectivity index (χ3n) is 2.31. The van der Waals surface area contributed by atoms with E-state index >= 15 is 0 Å². The summed E-state index contributed by atoms with van der Waals surface area (Å²) in [5, 5.41) is 0.701. The molecular weight excluding hydrogens is 236 g/mol. The van der Waals surface area contributed by atoms with E-state index in [1.807, 2.05) is 24.3 Å². The van der Waals surface area contributed by atoms with Crippen LogP contribution in [0.5, 0.6) is 5.75 Å². The summed E-state index contributed by atoms with van der Waals surface area (Å²) in [7, 11) is 0. The van der Waals surface area contributed by atoms with Crippen LogP contribution in [0.15, 0.2) is 42.6 Å². The molecule has 0 saturated heterocycles. The lowest BCUT2D eigenvalue weighted by Crippen LogP contribution is -2.02. The van der Waals surface area contributed by atoms with E-state index in [0.29, 0.717) is 18.2 Å². The minimum Gasteiger partial charge on any atom is -0.489 e. The summed E-state index contributed by atoms with van der Waals surface area (Å²) in [5.74, 6) is 0.792. The number of nitrogens with zero attached hydrogens (tertiary/aromatic N) is 1. The lowest BCUT2D eigenvalue weighted by molar-refractivity contribution is 0.306. The van der Waals surface area contributed by atoms with Crippen molar-refractivity contribution in [1.29, 1.82) is 0 Å². The molecule has 0 fully saturated rings. The highest BCUT2D eigenvalue weighted by molar-refractivity contribution is 6.30. The van der Waals surface area contributed by atoms with Crippen LogP contribution in [0.25, 0.3) is 0 Å². The second-order valence-electron chi connectivity index (χ2n) is 3.60. The van der Waals surface area contributed by atoms with Gasteiger partial charge in [0.15, 0.2) is 0 Å². The molecule has 2 rings (SSSR count). The quantitative estimate of drug-likeness (QED) is 0.905. The lowest BCUT2D eigenvalue weighted by Gasteiger charge is -2.07. The third-order valence-corrected chi connectivity index (χ3v) is 2.56. The molecule has 88 valence electrons. The molecule has 0 aliphatic heterocycles. The summed E-state index contributed by atoms with van der Waals surface area (Å²) < 4.78 is 5.62. The van der Waals surface area contributed by atoms with Crippen molar-refractivity contribution in [3.63, 3.8) is 0 Å². The molecule has 0 unspecified atom stereocenters. The summed E-state index contributed by atoms with van der Waals surface area (Å²) in [5.41, 5.74) is 7.44. The van der Waals surface area contributed by atoms with Gasteiger partial charge in [0.05, 0.1) is 5.69 Å². The maximum atomic E-state index is 5.79. The maximum Gasteiger partial charge on any atom is 0.119 e. The number of halogens is 1. The Morgan fingerprint density at radius 2 is 1.94 bits per heavy atom. The van der Waals surface area contributed by atoms with Crippen molar-refractivity contribution in [2.45, 2.75) is 13.2 Å². The first-order valence-corrected chi connectivity index (χ1v) is 5.68. The molecule has 2 aromatic rings. The molecule has 2 N–H and O–H groups in total. The first-order chi connectivity index (χ1) is 8.28. The number of ether oxygens (including phenoxy) is 1. The molecule has 0 bridgehead atoms. The van der Waals surface area contributed by atoms with Gasteiger partial charge in [-0.1, -0.05) is 11.6 Å². The zero-order valence-corrected chi connectivity index (χ0v) is 10.0. The second-order valence-corrected chi connectivity index (χ2v) is 4.04. The summed E-state index contributed by atoms with van der Waals surface area (Å²) >= 11 is 5.79. The summed E-state index contributed by atoms with van der Waals surface area (Å²) in [6.07, 6.45) is 1.74. The van der Waals surface area contributed by atoms with Crippen molar-refractivity contribution < 1.29 is 4.74 Å². The fraction of sp³-hybridized carbons (Fsp3) is 0.154. The predicted molar refractivity (Wildman–Crippen MR) is 67.9 cm³/mol. The van der Waals surface area contributed by atoms with Crippen molar-refractivity contribution in [3.8, 4) is 5.75 Å². The van der Waals surface area contributed by atoms with Gasteiger partial charge in [0.1, 0.15) is 12.4 Å². The average molecular weight is 249 g/mol. The Bertz CT molecular complexity index is 485. The average Bonchev–Trinajstić information content (AvgIpc) is 2.38. The van der Waals surface area contributed by atoms with Gasteiger partial charge in [-0.3, -0.25) is 4.98 Å². The monoisotopic (exact) mass is 248 g/mol. The highest BCUT2D eigenvalue weighted by Crippen LogP contribution is 2.16.